The number of likely N-dealkylation sites (tertiary alicyclic amines) is 2. The van der Waals surface area contributed by atoms with Crippen molar-refractivity contribution in [3.05, 3.63) is 29.8 Å². The highest BCUT2D eigenvalue weighted by Crippen LogP contribution is 2.45. The zero-order valence-corrected chi connectivity index (χ0v) is 13.2. The number of nitrogens with zero attached hydrogens (tertiary/aromatic N) is 2. The normalized spacial score (nSPS) is 25.7. The molecule has 0 aliphatic carbocycles. The van der Waals surface area contributed by atoms with Crippen LogP contribution in [-0.4, -0.2) is 41.9 Å². The highest BCUT2D eigenvalue weighted by Gasteiger charge is 2.55. The van der Waals surface area contributed by atoms with Gasteiger partial charge in [0.05, 0.1) is 0 Å². The van der Waals surface area contributed by atoms with Gasteiger partial charge in [0.15, 0.2) is 5.66 Å². The molecular formula is C18H25N3O. The molecule has 0 bridgehead atoms. The predicted molar refractivity (Wildman–Crippen MR) is 87.6 cm³/mol. The average Bonchev–Trinajstić information content (AvgIpc) is 2.89. The summed E-state index contributed by atoms with van der Waals surface area (Å²) in [6.07, 6.45) is 7.37. The lowest BCUT2D eigenvalue weighted by Crippen LogP contribution is -2.64. The van der Waals surface area contributed by atoms with Crippen molar-refractivity contribution in [3.63, 3.8) is 0 Å². The van der Waals surface area contributed by atoms with E-state index in [0.717, 1.165) is 31.9 Å². The van der Waals surface area contributed by atoms with Gasteiger partial charge in [0, 0.05) is 37.4 Å². The van der Waals surface area contributed by atoms with E-state index < -0.39 is 5.66 Å². The molecule has 1 amide bonds. The van der Waals surface area contributed by atoms with Gasteiger partial charge >= 0.3 is 0 Å². The van der Waals surface area contributed by atoms with Gasteiger partial charge in [-0.1, -0.05) is 31.0 Å². The lowest BCUT2D eigenvalue weighted by Gasteiger charge is -2.49. The molecule has 3 heterocycles. The quantitative estimate of drug-likeness (QED) is 0.912. The Labute approximate surface area is 132 Å². The van der Waals surface area contributed by atoms with Gasteiger partial charge in [-0.3, -0.25) is 14.6 Å². The molecular weight excluding hydrogens is 274 g/mol. The number of carbonyl (C=O) groups excluding carboxylic acids is 1. The second-order valence-electron chi connectivity index (χ2n) is 6.77. The van der Waals surface area contributed by atoms with Gasteiger partial charge < -0.3 is 5.32 Å². The molecule has 0 aromatic heterocycles. The number of hydrogen-bond donors (Lipinski definition) is 1. The van der Waals surface area contributed by atoms with E-state index in [0.29, 0.717) is 0 Å². The standard InChI is InChI=1S/C18H25N3O/c22-17-18(20-11-5-1-6-12-20,21-13-7-2-8-14-21)15-9-3-4-10-16(15)19-17/h3-4,9-10H,1-2,5-8,11-14H2,(H,19,22). The third kappa shape index (κ3) is 2.01. The van der Waals surface area contributed by atoms with E-state index >= 15 is 0 Å². The number of benzene rings is 1. The molecule has 0 saturated carbocycles. The Kier molecular flexibility index (Phi) is 3.66. The first-order chi connectivity index (χ1) is 10.8. The van der Waals surface area contributed by atoms with Crippen LogP contribution in [0.2, 0.25) is 0 Å². The number of anilines is 1. The van der Waals surface area contributed by atoms with E-state index in [1.54, 1.807) is 0 Å². The molecule has 1 N–H and O–H groups in total. The van der Waals surface area contributed by atoms with Gasteiger partial charge in [-0.25, -0.2) is 0 Å². The van der Waals surface area contributed by atoms with E-state index in [-0.39, 0.29) is 5.91 Å². The van der Waals surface area contributed by atoms with Crippen LogP contribution in [0.1, 0.15) is 44.1 Å². The minimum atomic E-state index is -0.558. The molecule has 4 nitrogen and oxygen atoms in total. The Morgan fingerprint density at radius 1 is 0.818 bits per heavy atom. The number of amides is 1. The van der Waals surface area contributed by atoms with Crippen LogP contribution in [0, 0.1) is 0 Å². The molecule has 1 aromatic carbocycles. The highest BCUT2D eigenvalue weighted by molar-refractivity contribution is 6.05. The fraction of sp³-hybridized carbons (Fsp3) is 0.611. The second-order valence-corrected chi connectivity index (χ2v) is 6.77. The molecule has 4 heteroatoms. The molecule has 3 aliphatic rings. The molecule has 118 valence electrons. The van der Waals surface area contributed by atoms with Gasteiger partial charge in [0.2, 0.25) is 0 Å². The summed E-state index contributed by atoms with van der Waals surface area (Å²) in [5, 5.41) is 3.16. The molecule has 3 aliphatic heterocycles. The SMILES string of the molecule is O=C1Nc2ccccc2C1(N1CCCCC1)N1CCCCC1. The largest absolute Gasteiger partial charge is 0.323 e. The first-order valence-corrected chi connectivity index (χ1v) is 8.74. The van der Waals surface area contributed by atoms with Crippen molar-refractivity contribution >= 4 is 11.6 Å². The molecule has 2 saturated heterocycles. The van der Waals surface area contributed by atoms with Crippen molar-refractivity contribution in [1.82, 2.24) is 9.80 Å². The van der Waals surface area contributed by atoms with Crippen LogP contribution in [0.5, 0.6) is 0 Å². The molecule has 0 spiro atoms. The number of fused-ring (bicyclic) bond motifs is 1. The first-order valence-electron chi connectivity index (χ1n) is 8.74. The fourth-order valence-corrected chi connectivity index (χ4v) is 4.49. The van der Waals surface area contributed by atoms with E-state index in [2.05, 4.69) is 27.2 Å². The first kappa shape index (κ1) is 14.2. The second kappa shape index (κ2) is 5.67. The number of hydrogen-bond acceptors (Lipinski definition) is 3. The Morgan fingerprint density at radius 3 is 1.95 bits per heavy atom. The Hall–Kier alpha value is -1.39. The van der Waals surface area contributed by atoms with Crippen LogP contribution in [0.25, 0.3) is 0 Å². The maximum absolute atomic E-state index is 13.2. The average molecular weight is 299 g/mol. The maximum Gasteiger partial charge on any atom is 0.264 e. The van der Waals surface area contributed by atoms with Crippen molar-refractivity contribution in [3.8, 4) is 0 Å². The highest BCUT2D eigenvalue weighted by atomic mass is 16.2. The van der Waals surface area contributed by atoms with E-state index in [9.17, 15) is 4.79 Å². The Balaban J connectivity index is 1.82. The molecule has 2 fully saturated rings. The lowest BCUT2D eigenvalue weighted by atomic mass is 9.92. The molecule has 22 heavy (non-hydrogen) atoms. The summed E-state index contributed by atoms with van der Waals surface area (Å²) in [6, 6.07) is 8.28. The zero-order valence-electron chi connectivity index (χ0n) is 13.2. The van der Waals surface area contributed by atoms with Crippen molar-refractivity contribution in [2.24, 2.45) is 0 Å². The molecule has 0 atom stereocenters. The number of piperidine rings is 2. The van der Waals surface area contributed by atoms with Crippen molar-refractivity contribution in [2.45, 2.75) is 44.2 Å². The molecule has 0 unspecified atom stereocenters. The Bertz CT molecular complexity index is 541. The third-order valence-electron chi connectivity index (χ3n) is 5.49. The summed E-state index contributed by atoms with van der Waals surface area (Å²) < 4.78 is 0. The van der Waals surface area contributed by atoms with Gasteiger partial charge in [-0.05, 0) is 31.7 Å². The molecule has 0 radical (unpaired) electrons. The predicted octanol–water partition coefficient (Wildman–Crippen LogP) is 2.76. The van der Waals surface area contributed by atoms with E-state index in [1.807, 2.05) is 12.1 Å². The van der Waals surface area contributed by atoms with Crippen LogP contribution in [0.4, 0.5) is 5.69 Å². The topological polar surface area (TPSA) is 35.6 Å². The fourth-order valence-electron chi connectivity index (χ4n) is 4.49. The summed E-state index contributed by atoms with van der Waals surface area (Å²) in [5.74, 6) is 0.164. The monoisotopic (exact) mass is 299 g/mol. The summed E-state index contributed by atoms with van der Waals surface area (Å²) in [7, 11) is 0. The van der Waals surface area contributed by atoms with E-state index in [1.165, 1.54) is 44.1 Å². The molecule has 1 aromatic rings. The van der Waals surface area contributed by atoms with Crippen LogP contribution in [0.3, 0.4) is 0 Å². The van der Waals surface area contributed by atoms with Gasteiger partial charge in [0.1, 0.15) is 0 Å². The van der Waals surface area contributed by atoms with Crippen molar-refractivity contribution < 1.29 is 4.79 Å². The third-order valence-corrected chi connectivity index (χ3v) is 5.49. The van der Waals surface area contributed by atoms with Crippen LogP contribution in [-0.2, 0) is 10.5 Å². The van der Waals surface area contributed by atoms with Crippen molar-refractivity contribution in [1.29, 1.82) is 0 Å². The summed E-state index contributed by atoms with van der Waals surface area (Å²) in [5.41, 5.74) is 1.62. The maximum atomic E-state index is 13.2. The lowest BCUT2D eigenvalue weighted by molar-refractivity contribution is -0.147. The summed E-state index contributed by atoms with van der Waals surface area (Å²) >= 11 is 0. The van der Waals surface area contributed by atoms with Gasteiger partial charge in [0.25, 0.3) is 5.91 Å². The number of nitrogens with one attached hydrogen (secondary N) is 1. The van der Waals surface area contributed by atoms with Gasteiger partial charge in [-0.15, -0.1) is 0 Å². The minimum absolute atomic E-state index is 0.164. The van der Waals surface area contributed by atoms with Crippen LogP contribution < -0.4 is 5.32 Å². The summed E-state index contributed by atoms with van der Waals surface area (Å²) in [4.78, 5) is 18.1. The Morgan fingerprint density at radius 2 is 1.36 bits per heavy atom. The van der Waals surface area contributed by atoms with Gasteiger partial charge in [-0.2, -0.15) is 0 Å². The molecule has 4 rings (SSSR count). The number of para-hydroxylation sites is 1. The number of carbonyl (C=O) groups is 1. The zero-order chi connectivity index (χ0) is 15.0. The van der Waals surface area contributed by atoms with Crippen molar-refractivity contribution in [2.75, 3.05) is 31.5 Å². The smallest absolute Gasteiger partial charge is 0.264 e. The van der Waals surface area contributed by atoms with Crippen LogP contribution >= 0.6 is 0 Å². The van der Waals surface area contributed by atoms with E-state index in [4.69, 9.17) is 0 Å². The minimum Gasteiger partial charge on any atom is -0.323 e. The summed E-state index contributed by atoms with van der Waals surface area (Å²) in [6.45, 7) is 4.10. The van der Waals surface area contributed by atoms with Crippen LogP contribution in [0.15, 0.2) is 24.3 Å². The number of rotatable bonds is 2.